The predicted molar refractivity (Wildman–Crippen MR) is 78.5 cm³/mol. The molecule has 1 N–H and O–H groups in total. The Labute approximate surface area is 125 Å². The number of para-hydroxylation sites is 1. The van der Waals surface area contributed by atoms with Crippen LogP contribution >= 0.6 is 27.5 Å². The minimum Gasteiger partial charge on any atom is -0.485 e. The van der Waals surface area contributed by atoms with Crippen molar-refractivity contribution in [3.63, 3.8) is 0 Å². The highest BCUT2D eigenvalue weighted by Gasteiger charge is 2.28. The molecule has 2 aromatic carbocycles. The highest BCUT2D eigenvalue weighted by molar-refractivity contribution is 9.10. The largest absolute Gasteiger partial charge is 0.485 e. The average Bonchev–Trinajstić information content (AvgIpc) is 2.38. The maximum absolute atomic E-state index is 10.2. The summed E-state index contributed by atoms with van der Waals surface area (Å²) in [6.45, 7) is 0. The molecule has 1 aliphatic rings. The second-order valence-electron chi connectivity index (χ2n) is 4.56. The third kappa shape index (κ3) is 2.50. The van der Waals surface area contributed by atoms with Crippen LogP contribution in [0.4, 0.5) is 0 Å². The predicted octanol–water partition coefficient (Wildman–Crippen LogP) is 4.66. The molecule has 1 heterocycles. The van der Waals surface area contributed by atoms with Gasteiger partial charge in [0.25, 0.3) is 0 Å². The van der Waals surface area contributed by atoms with Gasteiger partial charge >= 0.3 is 0 Å². The van der Waals surface area contributed by atoms with Gasteiger partial charge in [-0.1, -0.05) is 51.8 Å². The van der Waals surface area contributed by atoms with Crippen LogP contribution in [0.25, 0.3) is 0 Å². The molecule has 3 rings (SSSR count). The van der Waals surface area contributed by atoms with Gasteiger partial charge in [-0.2, -0.15) is 0 Å². The van der Waals surface area contributed by atoms with Crippen molar-refractivity contribution in [1.29, 1.82) is 0 Å². The van der Waals surface area contributed by atoms with E-state index >= 15 is 0 Å². The fraction of sp³-hybridized carbons (Fsp3) is 0.200. The van der Waals surface area contributed by atoms with Crippen molar-refractivity contribution >= 4 is 27.5 Å². The van der Waals surface area contributed by atoms with Crippen molar-refractivity contribution < 1.29 is 9.84 Å². The van der Waals surface area contributed by atoms with E-state index in [0.29, 0.717) is 11.4 Å². The number of aliphatic hydroxyl groups is 1. The minimum absolute atomic E-state index is 0.217. The van der Waals surface area contributed by atoms with E-state index in [1.54, 1.807) is 0 Å². The lowest BCUT2D eigenvalue weighted by Gasteiger charge is -2.30. The Morgan fingerprint density at radius 2 is 1.95 bits per heavy atom. The molecule has 2 nitrogen and oxygen atoms in total. The fourth-order valence-corrected chi connectivity index (χ4v) is 3.14. The van der Waals surface area contributed by atoms with Crippen LogP contribution in [0.5, 0.6) is 5.75 Å². The Balaban J connectivity index is 1.97. The van der Waals surface area contributed by atoms with E-state index < -0.39 is 6.10 Å². The van der Waals surface area contributed by atoms with Crippen LogP contribution in [0.1, 0.15) is 29.8 Å². The monoisotopic (exact) mass is 338 g/mol. The lowest BCUT2D eigenvalue weighted by Crippen LogP contribution is -2.19. The fourth-order valence-electron chi connectivity index (χ4n) is 2.35. The third-order valence-electron chi connectivity index (χ3n) is 3.29. The number of fused-ring (bicyclic) bond motifs is 1. The molecule has 2 atom stereocenters. The van der Waals surface area contributed by atoms with Crippen LogP contribution < -0.4 is 4.74 Å². The molecule has 0 amide bonds. The molecule has 1 unspecified atom stereocenters. The molecule has 1 aliphatic heterocycles. The molecule has 2 aromatic rings. The second-order valence-corrected chi connectivity index (χ2v) is 5.88. The summed E-state index contributed by atoms with van der Waals surface area (Å²) in [6.07, 6.45) is -0.224. The molecule has 0 bridgehead atoms. The topological polar surface area (TPSA) is 29.5 Å². The SMILES string of the molecule is O[C@H]1CC(c2ccc(Br)cc2Cl)Oc2ccccc21. The standard InChI is InChI=1S/C15H12BrClO2/c16-9-5-6-10(12(17)7-9)15-8-13(18)11-3-1-2-4-14(11)19-15/h1-7,13,15,18H,8H2/t13-,15?/m0/s1. The van der Waals surface area contributed by atoms with E-state index in [1.165, 1.54) is 0 Å². The first-order chi connectivity index (χ1) is 9.15. The minimum atomic E-state index is -0.519. The highest BCUT2D eigenvalue weighted by Crippen LogP contribution is 2.42. The van der Waals surface area contributed by atoms with Gasteiger partial charge in [0.15, 0.2) is 0 Å². The Bertz CT molecular complexity index is 615. The summed E-state index contributed by atoms with van der Waals surface area (Å²) in [5, 5.41) is 10.9. The molecule has 98 valence electrons. The van der Waals surface area contributed by atoms with Crippen molar-refractivity contribution in [2.24, 2.45) is 0 Å². The molecular weight excluding hydrogens is 328 g/mol. The first-order valence-electron chi connectivity index (χ1n) is 6.04. The summed E-state index contributed by atoms with van der Waals surface area (Å²) in [6, 6.07) is 13.3. The number of aliphatic hydroxyl groups excluding tert-OH is 1. The number of hydrogen-bond acceptors (Lipinski definition) is 2. The number of benzene rings is 2. The van der Waals surface area contributed by atoms with Gasteiger partial charge in [-0.15, -0.1) is 0 Å². The van der Waals surface area contributed by atoms with Crippen molar-refractivity contribution in [3.05, 3.63) is 63.1 Å². The van der Waals surface area contributed by atoms with Gasteiger partial charge in [-0.3, -0.25) is 0 Å². The summed E-state index contributed by atoms with van der Waals surface area (Å²) < 4.78 is 6.88. The number of rotatable bonds is 1. The maximum atomic E-state index is 10.2. The first-order valence-corrected chi connectivity index (χ1v) is 7.21. The van der Waals surface area contributed by atoms with Crippen LogP contribution in [0.15, 0.2) is 46.9 Å². The van der Waals surface area contributed by atoms with Gasteiger partial charge in [-0.05, 0) is 18.2 Å². The smallest absolute Gasteiger partial charge is 0.128 e. The van der Waals surface area contributed by atoms with Gasteiger partial charge in [0, 0.05) is 27.0 Å². The lowest BCUT2D eigenvalue weighted by atomic mass is 9.95. The number of hydrogen-bond donors (Lipinski definition) is 1. The summed E-state index contributed by atoms with van der Waals surface area (Å²) >= 11 is 9.63. The van der Waals surface area contributed by atoms with Gasteiger partial charge in [0.2, 0.25) is 0 Å². The van der Waals surface area contributed by atoms with Crippen LogP contribution in [0, 0.1) is 0 Å². The molecule has 4 heteroatoms. The third-order valence-corrected chi connectivity index (χ3v) is 4.11. The molecule has 0 radical (unpaired) electrons. The zero-order valence-corrected chi connectivity index (χ0v) is 12.4. The Kier molecular flexibility index (Phi) is 3.52. The van der Waals surface area contributed by atoms with E-state index in [0.717, 1.165) is 21.3 Å². The van der Waals surface area contributed by atoms with E-state index in [4.69, 9.17) is 16.3 Å². The highest BCUT2D eigenvalue weighted by atomic mass is 79.9. The molecule has 0 aromatic heterocycles. The van der Waals surface area contributed by atoms with Crippen LogP contribution in [-0.4, -0.2) is 5.11 Å². The van der Waals surface area contributed by atoms with Gasteiger partial charge < -0.3 is 9.84 Å². The summed E-state index contributed by atoms with van der Waals surface area (Å²) in [5.74, 6) is 0.727. The second kappa shape index (κ2) is 5.16. The Morgan fingerprint density at radius 3 is 2.74 bits per heavy atom. The van der Waals surface area contributed by atoms with Crippen LogP contribution in [0.3, 0.4) is 0 Å². The summed E-state index contributed by atoms with van der Waals surface area (Å²) in [5.41, 5.74) is 1.74. The van der Waals surface area contributed by atoms with Crippen molar-refractivity contribution in [2.45, 2.75) is 18.6 Å². The van der Waals surface area contributed by atoms with Crippen LogP contribution in [0.2, 0.25) is 5.02 Å². The Morgan fingerprint density at radius 1 is 1.16 bits per heavy atom. The summed E-state index contributed by atoms with van der Waals surface area (Å²) in [4.78, 5) is 0. The molecule has 0 saturated carbocycles. The average molecular weight is 340 g/mol. The van der Waals surface area contributed by atoms with Crippen molar-refractivity contribution in [3.8, 4) is 5.75 Å². The zero-order valence-electron chi connectivity index (χ0n) is 10.0. The maximum Gasteiger partial charge on any atom is 0.128 e. The van der Waals surface area contributed by atoms with Crippen molar-refractivity contribution in [1.82, 2.24) is 0 Å². The molecule has 0 saturated heterocycles. The normalized spacial score (nSPS) is 21.6. The quantitative estimate of drug-likeness (QED) is 0.819. The molecule has 19 heavy (non-hydrogen) atoms. The van der Waals surface area contributed by atoms with E-state index in [2.05, 4.69) is 15.9 Å². The van der Waals surface area contributed by atoms with Gasteiger partial charge in [0.1, 0.15) is 11.9 Å². The van der Waals surface area contributed by atoms with E-state index in [-0.39, 0.29) is 6.10 Å². The molecular formula is C15H12BrClO2. The first kappa shape index (κ1) is 13.0. The molecule has 0 spiro atoms. The van der Waals surface area contributed by atoms with Crippen LogP contribution in [-0.2, 0) is 0 Å². The van der Waals surface area contributed by atoms with Gasteiger partial charge in [0.05, 0.1) is 6.10 Å². The van der Waals surface area contributed by atoms with Gasteiger partial charge in [-0.25, -0.2) is 0 Å². The zero-order chi connectivity index (χ0) is 13.4. The summed E-state index contributed by atoms with van der Waals surface area (Å²) in [7, 11) is 0. The number of halogens is 2. The Hall–Kier alpha value is -1.03. The van der Waals surface area contributed by atoms with E-state index in [9.17, 15) is 5.11 Å². The number of ether oxygens (including phenoxy) is 1. The van der Waals surface area contributed by atoms with E-state index in [1.807, 2.05) is 42.5 Å². The molecule has 0 fully saturated rings. The molecule has 0 aliphatic carbocycles. The van der Waals surface area contributed by atoms with Crippen molar-refractivity contribution in [2.75, 3.05) is 0 Å². The lowest BCUT2D eigenvalue weighted by molar-refractivity contribution is 0.0658.